The summed E-state index contributed by atoms with van der Waals surface area (Å²) in [6.07, 6.45) is 4.66. The summed E-state index contributed by atoms with van der Waals surface area (Å²) in [5.41, 5.74) is 0.741. The summed E-state index contributed by atoms with van der Waals surface area (Å²) < 4.78 is 15.5. The van der Waals surface area contributed by atoms with Gasteiger partial charge in [0, 0.05) is 52.4 Å². The molecule has 37 heavy (non-hydrogen) atoms. The summed E-state index contributed by atoms with van der Waals surface area (Å²) >= 11 is 6.09. The van der Waals surface area contributed by atoms with E-state index in [-0.39, 0.29) is 40.7 Å². The number of nitrogens with one attached hydrogen (secondary N) is 3. The lowest BCUT2D eigenvalue weighted by Crippen LogP contribution is -2.36. The van der Waals surface area contributed by atoms with Crippen molar-refractivity contribution in [3.05, 3.63) is 123 Å². The first-order valence-electron chi connectivity index (χ1n) is 11.3. The number of aromatic hydroxyl groups is 1. The normalized spacial score (nSPS) is 11.5. The number of benzene rings is 2. The second-order valence-electron chi connectivity index (χ2n) is 8.19. The highest BCUT2D eigenvalue weighted by Gasteiger charge is 2.21. The first-order valence-corrected chi connectivity index (χ1v) is 11.7. The van der Waals surface area contributed by atoms with Gasteiger partial charge in [0.25, 0.3) is 5.56 Å². The van der Waals surface area contributed by atoms with Gasteiger partial charge in [-0.2, -0.15) is 0 Å². The van der Waals surface area contributed by atoms with E-state index in [0.29, 0.717) is 11.1 Å². The maximum Gasteiger partial charge on any atom is 0.319 e. The minimum Gasteiger partial charge on any atom is -0.508 e. The summed E-state index contributed by atoms with van der Waals surface area (Å²) in [4.78, 5) is 29.9. The lowest BCUT2D eigenvalue weighted by atomic mass is 9.97. The number of phenols is 1. The number of rotatable bonds is 8. The van der Waals surface area contributed by atoms with Gasteiger partial charge in [-0.05, 0) is 36.4 Å². The number of amides is 2. The molecule has 4 aromatic rings. The van der Waals surface area contributed by atoms with Gasteiger partial charge < -0.3 is 25.7 Å². The van der Waals surface area contributed by atoms with Gasteiger partial charge in [-0.3, -0.25) is 9.78 Å². The number of aromatic nitrogens is 2. The molecule has 8 nitrogen and oxygen atoms in total. The van der Waals surface area contributed by atoms with Crippen molar-refractivity contribution in [1.82, 2.24) is 14.9 Å². The molecule has 1 atom stereocenters. The Morgan fingerprint density at radius 1 is 1.11 bits per heavy atom. The fourth-order valence-electron chi connectivity index (χ4n) is 3.81. The molecule has 0 aliphatic heterocycles. The molecule has 0 radical (unpaired) electrons. The lowest BCUT2D eigenvalue weighted by Gasteiger charge is -2.21. The molecule has 1 unspecified atom stereocenters. The molecule has 188 valence electrons. The fourth-order valence-corrected chi connectivity index (χ4v) is 4.03. The largest absolute Gasteiger partial charge is 0.508 e. The first-order chi connectivity index (χ1) is 17.8. The Bertz CT molecular complexity index is 1470. The molecular formula is C27H23ClFN5O3. The van der Waals surface area contributed by atoms with Crippen LogP contribution in [-0.2, 0) is 6.54 Å². The number of hydrogen-bond acceptors (Lipinski definition) is 5. The summed E-state index contributed by atoms with van der Waals surface area (Å²) in [5.74, 6) is -0.590. The molecule has 4 N–H and O–H groups in total. The van der Waals surface area contributed by atoms with Crippen LogP contribution in [0.3, 0.4) is 0 Å². The van der Waals surface area contributed by atoms with E-state index in [1.165, 1.54) is 41.1 Å². The van der Waals surface area contributed by atoms with Crippen LogP contribution in [0.25, 0.3) is 0 Å². The van der Waals surface area contributed by atoms with Crippen molar-refractivity contribution in [3.8, 4) is 5.75 Å². The Kier molecular flexibility index (Phi) is 7.95. The molecule has 10 heteroatoms. The van der Waals surface area contributed by atoms with Crippen LogP contribution >= 0.6 is 11.6 Å². The van der Waals surface area contributed by atoms with Crippen LogP contribution in [0.4, 0.5) is 14.9 Å². The Hall–Kier alpha value is -4.50. The number of nitrogens with zero attached hydrogens (tertiary/aromatic N) is 2. The molecule has 0 saturated heterocycles. The van der Waals surface area contributed by atoms with Crippen LogP contribution in [0.5, 0.6) is 5.75 Å². The number of urea groups is 1. The predicted molar refractivity (Wildman–Crippen MR) is 140 cm³/mol. The zero-order valence-electron chi connectivity index (χ0n) is 19.5. The molecule has 2 heterocycles. The number of pyridine rings is 2. The van der Waals surface area contributed by atoms with Gasteiger partial charge in [0.05, 0.1) is 12.6 Å². The standard InChI is InChI=1S/C27H23ClFN5O3/c28-20-8-3-9-21(29)19(20)16-34-13-5-10-23(26(34)36)32-27(37)33-24(18-7-1-2-11-25(18)35)14-22(30)17-6-4-12-31-15-17/h1-13,15,24,30,35H,14,16H2,(H2,32,33,37). The second-order valence-corrected chi connectivity index (χ2v) is 8.60. The van der Waals surface area contributed by atoms with Gasteiger partial charge in [0.1, 0.15) is 17.3 Å². The third-order valence-corrected chi connectivity index (χ3v) is 6.05. The van der Waals surface area contributed by atoms with Gasteiger partial charge in [-0.15, -0.1) is 0 Å². The van der Waals surface area contributed by atoms with Crippen LogP contribution in [0, 0.1) is 11.2 Å². The smallest absolute Gasteiger partial charge is 0.319 e. The minimum absolute atomic E-state index is 0.0363. The maximum atomic E-state index is 14.2. The SMILES string of the molecule is N=C(CC(NC(=O)Nc1cccn(Cc2c(F)cccc2Cl)c1=O)c1ccccc1O)c1cccnc1. The monoisotopic (exact) mass is 519 g/mol. The van der Waals surface area contributed by atoms with Crippen molar-refractivity contribution in [2.45, 2.75) is 19.0 Å². The zero-order chi connectivity index (χ0) is 26.4. The Labute approximate surface area is 216 Å². The van der Waals surface area contributed by atoms with E-state index in [9.17, 15) is 19.1 Å². The predicted octanol–water partition coefficient (Wildman–Crippen LogP) is 5.11. The molecule has 0 saturated carbocycles. The minimum atomic E-state index is -0.780. The highest BCUT2D eigenvalue weighted by atomic mass is 35.5. The van der Waals surface area contributed by atoms with Gasteiger partial charge in [-0.1, -0.05) is 41.9 Å². The molecule has 0 aliphatic carbocycles. The van der Waals surface area contributed by atoms with E-state index >= 15 is 0 Å². The second kappa shape index (κ2) is 11.5. The lowest BCUT2D eigenvalue weighted by molar-refractivity contribution is 0.248. The number of anilines is 1. The molecule has 0 bridgehead atoms. The van der Waals surface area contributed by atoms with Crippen LogP contribution in [0.2, 0.25) is 5.02 Å². The molecule has 4 rings (SSSR count). The highest BCUT2D eigenvalue weighted by molar-refractivity contribution is 6.31. The van der Waals surface area contributed by atoms with Crippen molar-refractivity contribution in [1.29, 1.82) is 5.41 Å². The molecule has 2 amide bonds. The molecule has 2 aromatic carbocycles. The van der Waals surface area contributed by atoms with E-state index in [1.54, 1.807) is 48.8 Å². The van der Waals surface area contributed by atoms with Crippen molar-refractivity contribution in [2.75, 3.05) is 5.32 Å². The van der Waals surface area contributed by atoms with E-state index in [1.807, 2.05) is 0 Å². The summed E-state index contributed by atoms with van der Waals surface area (Å²) in [6.45, 7) is -0.121. The summed E-state index contributed by atoms with van der Waals surface area (Å²) in [7, 11) is 0. The van der Waals surface area contributed by atoms with Gasteiger partial charge >= 0.3 is 6.03 Å². The summed E-state index contributed by atoms with van der Waals surface area (Å²) in [6, 6.07) is 15.6. The van der Waals surface area contributed by atoms with Gasteiger partial charge in [-0.25, -0.2) is 9.18 Å². The number of phenolic OH excluding ortho intramolecular Hbond substituents is 1. The van der Waals surface area contributed by atoms with E-state index in [4.69, 9.17) is 17.0 Å². The quantitative estimate of drug-likeness (QED) is 0.242. The zero-order valence-corrected chi connectivity index (χ0v) is 20.2. The molecular weight excluding hydrogens is 497 g/mol. The van der Waals surface area contributed by atoms with Gasteiger partial charge in [0.2, 0.25) is 0 Å². The molecule has 0 fully saturated rings. The third-order valence-electron chi connectivity index (χ3n) is 5.69. The average molecular weight is 520 g/mol. The van der Waals surface area contributed by atoms with Crippen molar-refractivity contribution in [3.63, 3.8) is 0 Å². The van der Waals surface area contributed by atoms with Crippen LogP contribution < -0.4 is 16.2 Å². The summed E-state index contributed by atoms with van der Waals surface area (Å²) in [5, 5.41) is 24.3. The van der Waals surface area contributed by atoms with Crippen molar-refractivity contribution < 1.29 is 14.3 Å². The molecule has 0 aliphatic rings. The van der Waals surface area contributed by atoms with E-state index in [2.05, 4.69) is 15.6 Å². The van der Waals surface area contributed by atoms with Crippen LogP contribution in [-0.4, -0.2) is 26.4 Å². The topological polar surface area (TPSA) is 120 Å². The van der Waals surface area contributed by atoms with Crippen LogP contribution in [0.15, 0.2) is 90.1 Å². The molecule has 0 spiro atoms. The van der Waals surface area contributed by atoms with E-state index in [0.717, 1.165) is 0 Å². The Balaban J connectivity index is 1.54. The van der Waals surface area contributed by atoms with E-state index < -0.39 is 23.4 Å². The number of hydrogen-bond donors (Lipinski definition) is 4. The Morgan fingerprint density at radius 2 is 1.92 bits per heavy atom. The maximum absolute atomic E-state index is 14.2. The number of halogens is 2. The van der Waals surface area contributed by atoms with Crippen molar-refractivity contribution in [2.24, 2.45) is 0 Å². The Morgan fingerprint density at radius 3 is 2.65 bits per heavy atom. The number of para-hydroxylation sites is 1. The molecule has 2 aromatic heterocycles. The average Bonchev–Trinajstić information content (AvgIpc) is 2.89. The van der Waals surface area contributed by atoms with Crippen molar-refractivity contribution >= 4 is 29.0 Å². The highest BCUT2D eigenvalue weighted by Crippen LogP contribution is 2.27. The fraction of sp³-hybridized carbons (Fsp3) is 0.111. The number of carbonyl (C=O) groups excluding carboxylic acids is 1. The first kappa shape index (κ1) is 25.6. The van der Waals surface area contributed by atoms with Gasteiger partial charge in [0.15, 0.2) is 0 Å². The third kappa shape index (κ3) is 6.20. The number of carbonyl (C=O) groups is 1. The van der Waals surface area contributed by atoms with Crippen LogP contribution in [0.1, 0.15) is 29.2 Å².